The molecule has 0 unspecified atom stereocenters. The number of nitrogens with one attached hydrogen (secondary N) is 1. The molecule has 2 heterocycles. The summed E-state index contributed by atoms with van der Waals surface area (Å²) in [6, 6.07) is 10.1. The Balaban J connectivity index is 1.39. The Morgan fingerprint density at radius 2 is 1.91 bits per heavy atom. The summed E-state index contributed by atoms with van der Waals surface area (Å²) in [4.78, 5) is 24.6. The fourth-order valence-corrected chi connectivity index (χ4v) is 5.88. The summed E-state index contributed by atoms with van der Waals surface area (Å²) in [5.41, 5.74) is 2.47. The molecule has 0 bridgehead atoms. The molecular weight excluding hydrogens is 458 g/mol. The fraction of sp³-hybridized carbons (Fsp3) is 0.417. The highest BCUT2D eigenvalue weighted by Gasteiger charge is 2.31. The number of sulfonamides is 1. The van der Waals surface area contributed by atoms with Crippen molar-refractivity contribution in [1.82, 2.24) is 8.87 Å². The zero-order valence-corrected chi connectivity index (χ0v) is 20.4. The maximum absolute atomic E-state index is 13.2. The van der Waals surface area contributed by atoms with Crippen LogP contribution in [0.15, 0.2) is 50.5 Å². The predicted octanol–water partition coefficient (Wildman–Crippen LogP) is 3.36. The van der Waals surface area contributed by atoms with E-state index in [2.05, 4.69) is 5.32 Å². The van der Waals surface area contributed by atoms with Gasteiger partial charge in [-0.05, 0) is 62.4 Å². The number of anilines is 1. The van der Waals surface area contributed by atoms with Gasteiger partial charge in [0.1, 0.15) is 5.75 Å². The van der Waals surface area contributed by atoms with Crippen LogP contribution in [0.5, 0.6) is 5.75 Å². The van der Waals surface area contributed by atoms with Crippen molar-refractivity contribution in [3.05, 3.63) is 52.5 Å². The minimum Gasteiger partial charge on any atom is -0.495 e. The Bertz CT molecular complexity index is 1370. The van der Waals surface area contributed by atoms with Crippen LogP contribution in [-0.4, -0.2) is 43.4 Å². The summed E-state index contributed by atoms with van der Waals surface area (Å²) in [5.74, 6) is 0.0591. The van der Waals surface area contributed by atoms with Gasteiger partial charge in [-0.25, -0.2) is 13.2 Å². The van der Waals surface area contributed by atoms with Crippen molar-refractivity contribution in [2.45, 2.75) is 44.6 Å². The van der Waals surface area contributed by atoms with Crippen LogP contribution in [0.3, 0.4) is 0 Å². The van der Waals surface area contributed by atoms with Crippen molar-refractivity contribution >= 4 is 32.7 Å². The van der Waals surface area contributed by atoms with E-state index in [0.717, 1.165) is 5.56 Å². The fourth-order valence-electron chi connectivity index (χ4n) is 4.39. The van der Waals surface area contributed by atoms with Crippen molar-refractivity contribution in [3.63, 3.8) is 0 Å². The van der Waals surface area contributed by atoms with Gasteiger partial charge in [-0.1, -0.05) is 6.07 Å². The van der Waals surface area contributed by atoms with E-state index < -0.39 is 15.8 Å². The number of aromatic nitrogens is 1. The minimum absolute atomic E-state index is 0.0846. The van der Waals surface area contributed by atoms with Gasteiger partial charge in [0, 0.05) is 32.1 Å². The lowest BCUT2D eigenvalue weighted by molar-refractivity contribution is -0.117. The van der Waals surface area contributed by atoms with Gasteiger partial charge in [-0.2, -0.15) is 4.31 Å². The molecule has 9 nitrogen and oxygen atoms in total. The second-order valence-corrected chi connectivity index (χ2v) is 10.5. The molecule has 1 N–H and O–H groups in total. The van der Waals surface area contributed by atoms with E-state index in [4.69, 9.17) is 9.15 Å². The number of carbonyl (C=O) groups is 1. The highest BCUT2D eigenvalue weighted by Crippen LogP contribution is 2.29. The molecule has 1 aliphatic rings. The number of hydrogen-bond acceptors (Lipinski definition) is 6. The summed E-state index contributed by atoms with van der Waals surface area (Å²) in [6.45, 7) is 4.85. The summed E-state index contributed by atoms with van der Waals surface area (Å²) >= 11 is 0. The van der Waals surface area contributed by atoms with Crippen LogP contribution in [0.4, 0.5) is 5.69 Å². The van der Waals surface area contributed by atoms with Crippen molar-refractivity contribution in [3.8, 4) is 5.75 Å². The lowest BCUT2D eigenvalue weighted by Crippen LogP contribution is -2.39. The van der Waals surface area contributed by atoms with Crippen LogP contribution < -0.4 is 15.8 Å². The monoisotopic (exact) mass is 487 g/mol. The van der Waals surface area contributed by atoms with Crippen molar-refractivity contribution < 1.29 is 22.4 Å². The largest absolute Gasteiger partial charge is 0.495 e. The molecule has 1 fully saturated rings. The van der Waals surface area contributed by atoms with E-state index in [1.54, 1.807) is 13.2 Å². The highest BCUT2D eigenvalue weighted by atomic mass is 32.2. The van der Waals surface area contributed by atoms with Gasteiger partial charge >= 0.3 is 5.76 Å². The Morgan fingerprint density at radius 1 is 1.18 bits per heavy atom. The molecule has 0 saturated carbocycles. The third-order valence-electron chi connectivity index (χ3n) is 6.27. The molecule has 10 heteroatoms. The molecule has 3 aromatic rings. The molecule has 34 heavy (non-hydrogen) atoms. The number of piperidine rings is 1. The molecule has 1 amide bonds. The topological polar surface area (TPSA) is 111 Å². The number of aryl methyl sites for hydroxylation is 2. The number of benzene rings is 2. The van der Waals surface area contributed by atoms with Crippen LogP contribution in [0.1, 0.15) is 31.7 Å². The second kappa shape index (κ2) is 9.63. The Morgan fingerprint density at radius 3 is 2.59 bits per heavy atom. The first-order valence-electron chi connectivity index (χ1n) is 11.3. The van der Waals surface area contributed by atoms with Crippen molar-refractivity contribution in [2.75, 3.05) is 25.5 Å². The van der Waals surface area contributed by atoms with E-state index in [-0.39, 0.29) is 22.3 Å². The standard InChI is InChI=1S/C24H29N3O6S/c1-4-27-20-7-6-18(15-22(20)33-24(27)29)34(30,31)26-11-9-17(10-12-26)14-23(28)25-19-13-16(2)5-8-21(19)32-3/h5-8,13,15,17H,4,9-12,14H2,1-3H3,(H,25,28). The molecule has 0 aliphatic carbocycles. The first kappa shape index (κ1) is 24.0. The Hall–Kier alpha value is -3.11. The normalized spacial score (nSPS) is 15.5. The Labute approximate surface area is 198 Å². The van der Waals surface area contributed by atoms with E-state index in [0.29, 0.717) is 55.9 Å². The quantitative estimate of drug-likeness (QED) is 0.547. The van der Waals surface area contributed by atoms with Gasteiger partial charge in [0.15, 0.2) is 5.58 Å². The molecule has 4 rings (SSSR count). The first-order chi connectivity index (χ1) is 16.2. The maximum Gasteiger partial charge on any atom is 0.419 e. The summed E-state index contributed by atoms with van der Waals surface area (Å²) < 4.78 is 39.8. The summed E-state index contributed by atoms with van der Waals surface area (Å²) in [5, 5.41) is 2.91. The number of rotatable bonds is 7. The van der Waals surface area contributed by atoms with Gasteiger partial charge in [0.05, 0.1) is 23.2 Å². The zero-order valence-electron chi connectivity index (χ0n) is 19.5. The summed E-state index contributed by atoms with van der Waals surface area (Å²) in [7, 11) is -2.18. The number of carbonyl (C=O) groups excluding carboxylic acids is 1. The number of ether oxygens (including phenoxy) is 1. The van der Waals surface area contributed by atoms with E-state index >= 15 is 0 Å². The van der Waals surface area contributed by atoms with Crippen LogP contribution in [0.25, 0.3) is 11.1 Å². The number of amides is 1. The number of methoxy groups -OCH3 is 1. The maximum atomic E-state index is 13.2. The number of hydrogen-bond donors (Lipinski definition) is 1. The Kier molecular flexibility index (Phi) is 6.81. The molecule has 0 radical (unpaired) electrons. The average Bonchev–Trinajstić information content (AvgIpc) is 3.13. The number of oxazole rings is 1. The lowest BCUT2D eigenvalue weighted by atomic mass is 9.94. The van der Waals surface area contributed by atoms with Crippen molar-refractivity contribution in [1.29, 1.82) is 0 Å². The van der Waals surface area contributed by atoms with Crippen LogP contribution >= 0.6 is 0 Å². The first-order valence-corrected chi connectivity index (χ1v) is 12.7. The average molecular weight is 488 g/mol. The van der Waals surface area contributed by atoms with Crippen molar-refractivity contribution in [2.24, 2.45) is 5.92 Å². The molecular formula is C24H29N3O6S. The molecule has 182 valence electrons. The van der Waals surface area contributed by atoms with Gasteiger partial charge < -0.3 is 14.5 Å². The predicted molar refractivity (Wildman–Crippen MR) is 129 cm³/mol. The van der Waals surface area contributed by atoms with Crippen LogP contribution in [0, 0.1) is 12.8 Å². The van der Waals surface area contributed by atoms with Gasteiger partial charge in [0.25, 0.3) is 0 Å². The van der Waals surface area contributed by atoms with Crippen LogP contribution in [0.2, 0.25) is 0 Å². The third-order valence-corrected chi connectivity index (χ3v) is 8.17. The molecule has 0 atom stereocenters. The van der Waals surface area contributed by atoms with Gasteiger partial charge in [0.2, 0.25) is 15.9 Å². The van der Waals surface area contributed by atoms with E-state index in [1.807, 2.05) is 32.0 Å². The molecule has 0 spiro atoms. The molecule has 1 aliphatic heterocycles. The molecule has 2 aromatic carbocycles. The van der Waals surface area contributed by atoms with E-state index in [1.165, 1.54) is 21.0 Å². The van der Waals surface area contributed by atoms with Gasteiger partial charge in [-0.15, -0.1) is 0 Å². The third kappa shape index (κ3) is 4.74. The highest BCUT2D eigenvalue weighted by molar-refractivity contribution is 7.89. The minimum atomic E-state index is -3.73. The van der Waals surface area contributed by atoms with Gasteiger partial charge in [-0.3, -0.25) is 9.36 Å². The summed E-state index contributed by atoms with van der Waals surface area (Å²) in [6.07, 6.45) is 1.48. The number of fused-ring (bicyclic) bond motifs is 1. The zero-order chi connectivity index (χ0) is 24.5. The SMILES string of the molecule is CCn1c(=O)oc2cc(S(=O)(=O)N3CCC(CC(=O)Nc4cc(C)ccc4OC)CC3)ccc21. The molecule has 1 aromatic heterocycles. The smallest absolute Gasteiger partial charge is 0.419 e. The van der Waals surface area contributed by atoms with E-state index in [9.17, 15) is 18.0 Å². The number of nitrogens with zero attached hydrogens (tertiary/aromatic N) is 2. The van der Waals surface area contributed by atoms with Crippen LogP contribution in [-0.2, 0) is 21.4 Å². The second-order valence-electron chi connectivity index (χ2n) is 8.55. The lowest BCUT2D eigenvalue weighted by Gasteiger charge is -2.31. The molecule has 1 saturated heterocycles.